The summed E-state index contributed by atoms with van der Waals surface area (Å²) in [4.78, 5) is 0. The Labute approximate surface area is 133 Å². The molecule has 1 heterocycles. The highest BCUT2D eigenvalue weighted by atomic mass is 16.6. The fourth-order valence-corrected chi connectivity index (χ4v) is 2.36. The van der Waals surface area contributed by atoms with Gasteiger partial charge in [0.2, 0.25) is 0 Å². The zero-order valence-electron chi connectivity index (χ0n) is 13.8. The van der Waals surface area contributed by atoms with E-state index in [1.54, 1.807) is 0 Å². The summed E-state index contributed by atoms with van der Waals surface area (Å²) in [7, 11) is 0. The number of rotatable bonds is 1. The number of hydrogen-bond acceptors (Lipinski definition) is 4. The quantitative estimate of drug-likeness (QED) is 0.796. The van der Waals surface area contributed by atoms with Crippen LogP contribution in [0.2, 0.25) is 0 Å². The van der Waals surface area contributed by atoms with Crippen LogP contribution in [-0.4, -0.2) is 39.6 Å². The third-order valence-corrected chi connectivity index (χ3v) is 3.49. The lowest BCUT2D eigenvalue weighted by Crippen LogP contribution is -2.17. The molecule has 0 fully saturated rings. The van der Waals surface area contributed by atoms with Gasteiger partial charge in [-0.15, -0.1) is 0 Å². The summed E-state index contributed by atoms with van der Waals surface area (Å²) in [5.74, 6) is 1.48. The van der Waals surface area contributed by atoms with Crippen LogP contribution in [0.1, 0.15) is 31.9 Å². The number of fused-ring (bicyclic) bond motifs is 1. The van der Waals surface area contributed by atoms with Crippen molar-refractivity contribution in [2.24, 2.45) is 0 Å². The second-order valence-electron chi connectivity index (χ2n) is 6.26. The Kier molecular flexibility index (Phi) is 5.86. The fraction of sp³-hybridized carbons (Fsp3) is 0.556. The van der Waals surface area contributed by atoms with Gasteiger partial charge in [0.25, 0.3) is 0 Å². The van der Waals surface area contributed by atoms with Crippen LogP contribution in [0.5, 0.6) is 11.5 Å². The first-order valence-corrected chi connectivity index (χ1v) is 7.74. The minimum absolute atomic E-state index is 0.00517. The SMILES string of the molecule is C=Cc1cc2c(cc1C(C)(C)C)OCCOCCOCCO2. The Hall–Kier alpha value is -1.52. The Morgan fingerprint density at radius 1 is 0.864 bits per heavy atom. The van der Waals surface area contributed by atoms with Crippen LogP contribution in [0.4, 0.5) is 0 Å². The van der Waals surface area contributed by atoms with E-state index in [-0.39, 0.29) is 5.41 Å². The van der Waals surface area contributed by atoms with Gasteiger partial charge in [-0.05, 0) is 28.7 Å². The molecule has 4 heteroatoms. The molecule has 0 spiro atoms. The normalized spacial score (nSPS) is 17.2. The van der Waals surface area contributed by atoms with Crippen LogP contribution in [0.25, 0.3) is 6.08 Å². The van der Waals surface area contributed by atoms with Crippen molar-refractivity contribution in [2.45, 2.75) is 26.2 Å². The standard InChI is InChI=1S/C18H26O4/c1-5-14-12-16-17(13-15(14)18(2,3)4)22-11-9-20-7-6-19-8-10-21-16/h5,12-13H,1,6-11H2,2-4H3. The van der Waals surface area contributed by atoms with E-state index >= 15 is 0 Å². The van der Waals surface area contributed by atoms with Crippen molar-refractivity contribution in [3.05, 3.63) is 29.8 Å². The molecule has 1 aromatic carbocycles. The van der Waals surface area contributed by atoms with Crippen LogP contribution in [0.15, 0.2) is 18.7 Å². The van der Waals surface area contributed by atoms with E-state index in [1.165, 1.54) is 5.56 Å². The van der Waals surface area contributed by atoms with E-state index in [2.05, 4.69) is 33.4 Å². The zero-order chi connectivity index (χ0) is 16.0. The van der Waals surface area contributed by atoms with Crippen molar-refractivity contribution < 1.29 is 18.9 Å². The third kappa shape index (κ3) is 4.49. The first kappa shape index (κ1) is 16.8. The van der Waals surface area contributed by atoms with Crippen LogP contribution in [0.3, 0.4) is 0 Å². The summed E-state index contributed by atoms with van der Waals surface area (Å²) < 4.78 is 22.6. The Morgan fingerprint density at radius 2 is 1.36 bits per heavy atom. The molecule has 4 nitrogen and oxygen atoms in total. The van der Waals surface area contributed by atoms with Gasteiger partial charge < -0.3 is 18.9 Å². The molecule has 2 rings (SSSR count). The third-order valence-electron chi connectivity index (χ3n) is 3.49. The number of benzene rings is 1. The number of hydrogen-bond donors (Lipinski definition) is 0. The van der Waals surface area contributed by atoms with Crippen molar-refractivity contribution in [3.63, 3.8) is 0 Å². The van der Waals surface area contributed by atoms with Gasteiger partial charge in [-0.2, -0.15) is 0 Å². The first-order chi connectivity index (χ1) is 10.5. The van der Waals surface area contributed by atoms with E-state index in [0.717, 1.165) is 17.1 Å². The Morgan fingerprint density at radius 3 is 1.86 bits per heavy atom. The zero-order valence-corrected chi connectivity index (χ0v) is 13.8. The molecule has 1 aromatic rings. The molecule has 0 aromatic heterocycles. The first-order valence-electron chi connectivity index (χ1n) is 7.74. The number of ether oxygens (including phenoxy) is 4. The molecule has 1 aliphatic heterocycles. The maximum absolute atomic E-state index is 5.87. The summed E-state index contributed by atoms with van der Waals surface area (Å²) >= 11 is 0. The highest BCUT2D eigenvalue weighted by Crippen LogP contribution is 2.37. The average Bonchev–Trinajstić information content (AvgIpc) is 2.46. The summed E-state index contributed by atoms with van der Waals surface area (Å²) in [5.41, 5.74) is 2.26. The van der Waals surface area contributed by atoms with Crippen molar-refractivity contribution in [3.8, 4) is 11.5 Å². The highest BCUT2D eigenvalue weighted by molar-refractivity contribution is 5.61. The summed E-state index contributed by atoms with van der Waals surface area (Å²) in [6, 6.07) is 4.05. The minimum atomic E-state index is 0.00517. The maximum atomic E-state index is 5.87. The average molecular weight is 306 g/mol. The largest absolute Gasteiger partial charge is 0.487 e. The Balaban J connectivity index is 2.32. The van der Waals surface area contributed by atoms with E-state index in [9.17, 15) is 0 Å². The van der Waals surface area contributed by atoms with Crippen LogP contribution in [-0.2, 0) is 14.9 Å². The van der Waals surface area contributed by atoms with E-state index < -0.39 is 0 Å². The molecule has 0 saturated heterocycles. The van der Waals surface area contributed by atoms with Gasteiger partial charge in [-0.3, -0.25) is 0 Å². The monoisotopic (exact) mass is 306 g/mol. The summed E-state index contributed by atoms with van der Waals surface area (Å²) in [5, 5.41) is 0. The van der Waals surface area contributed by atoms with Gasteiger partial charge >= 0.3 is 0 Å². The molecule has 0 unspecified atom stereocenters. The molecule has 0 radical (unpaired) electrons. The molecule has 0 N–H and O–H groups in total. The van der Waals surface area contributed by atoms with Crippen molar-refractivity contribution >= 4 is 6.08 Å². The van der Waals surface area contributed by atoms with Crippen LogP contribution in [0, 0.1) is 0 Å². The van der Waals surface area contributed by atoms with Crippen LogP contribution < -0.4 is 9.47 Å². The molecule has 0 amide bonds. The highest BCUT2D eigenvalue weighted by Gasteiger charge is 2.20. The lowest BCUT2D eigenvalue weighted by Gasteiger charge is -2.24. The van der Waals surface area contributed by atoms with Crippen LogP contribution >= 0.6 is 0 Å². The van der Waals surface area contributed by atoms with Gasteiger partial charge in [-0.25, -0.2) is 0 Å². The molecule has 0 atom stereocenters. The smallest absolute Gasteiger partial charge is 0.161 e. The van der Waals surface area contributed by atoms with Gasteiger partial charge in [0, 0.05) is 0 Å². The molecule has 122 valence electrons. The second kappa shape index (κ2) is 7.65. The van der Waals surface area contributed by atoms with Gasteiger partial charge in [-0.1, -0.05) is 33.4 Å². The molecule has 0 aliphatic carbocycles. The maximum Gasteiger partial charge on any atom is 0.161 e. The molecular formula is C18H26O4. The van der Waals surface area contributed by atoms with E-state index in [0.29, 0.717) is 39.6 Å². The van der Waals surface area contributed by atoms with Gasteiger partial charge in [0.1, 0.15) is 13.2 Å². The van der Waals surface area contributed by atoms with Crippen molar-refractivity contribution in [2.75, 3.05) is 39.6 Å². The molecule has 1 aliphatic rings. The lowest BCUT2D eigenvalue weighted by atomic mass is 9.83. The van der Waals surface area contributed by atoms with E-state index in [4.69, 9.17) is 18.9 Å². The topological polar surface area (TPSA) is 36.9 Å². The molecule has 22 heavy (non-hydrogen) atoms. The predicted molar refractivity (Wildman–Crippen MR) is 87.9 cm³/mol. The molecule has 0 saturated carbocycles. The molecular weight excluding hydrogens is 280 g/mol. The van der Waals surface area contributed by atoms with Crippen molar-refractivity contribution in [1.29, 1.82) is 0 Å². The van der Waals surface area contributed by atoms with E-state index in [1.807, 2.05) is 12.1 Å². The Bertz CT molecular complexity index is 503. The summed E-state index contributed by atoms with van der Waals surface area (Å²) in [6.07, 6.45) is 1.86. The van der Waals surface area contributed by atoms with Gasteiger partial charge in [0.05, 0.1) is 26.4 Å². The van der Waals surface area contributed by atoms with Crippen molar-refractivity contribution in [1.82, 2.24) is 0 Å². The lowest BCUT2D eigenvalue weighted by molar-refractivity contribution is 0.0223. The fourth-order valence-electron chi connectivity index (χ4n) is 2.36. The summed E-state index contributed by atoms with van der Waals surface area (Å²) in [6.45, 7) is 13.7. The second-order valence-corrected chi connectivity index (χ2v) is 6.26. The molecule has 0 bridgehead atoms. The predicted octanol–water partition coefficient (Wildman–Crippen LogP) is 3.43. The minimum Gasteiger partial charge on any atom is -0.487 e. The van der Waals surface area contributed by atoms with Gasteiger partial charge in [0.15, 0.2) is 11.5 Å².